The van der Waals surface area contributed by atoms with Crippen LogP contribution in [0.5, 0.6) is 0 Å². The summed E-state index contributed by atoms with van der Waals surface area (Å²) in [7, 11) is 0. The summed E-state index contributed by atoms with van der Waals surface area (Å²) < 4.78 is 0. The first-order valence-corrected chi connectivity index (χ1v) is 9.40. The summed E-state index contributed by atoms with van der Waals surface area (Å²) in [6, 6.07) is 7.15. The predicted molar refractivity (Wildman–Crippen MR) is 96.7 cm³/mol. The molecular formula is C17H20N2O3S2. The van der Waals surface area contributed by atoms with Crippen molar-refractivity contribution in [2.75, 3.05) is 0 Å². The fraction of sp³-hybridized carbons (Fsp3) is 0.353. The molecule has 0 bridgehead atoms. The Hall–Kier alpha value is -1.86. The molecule has 1 atom stereocenters. The van der Waals surface area contributed by atoms with Gasteiger partial charge < -0.3 is 10.4 Å². The van der Waals surface area contributed by atoms with Gasteiger partial charge in [-0.3, -0.25) is 4.79 Å². The fourth-order valence-electron chi connectivity index (χ4n) is 1.95. The third-order valence-electron chi connectivity index (χ3n) is 3.74. The Morgan fingerprint density at radius 2 is 2.00 bits per heavy atom. The van der Waals surface area contributed by atoms with Crippen LogP contribution in [-0.4, -0.2) is 27.5 Å². The Morgan fingerprint density at radius 1 is 1.33 bits per heavy atom. The van der Waals surface area contributed by atoms with Crippen molar-refractivity contribution in [3.63, 3.8) is 0 Å². The molecule has 0 aliphatic carbocycles. The summed E-state index contributed by atoms with van der Waals surface area (Å²) in [5.41, 5.74) is 0.238. The van der Waals surface area contributed by atoms with Crippen molar-refractivity contribution in [1.82, 2.24) is 10.3 Å². The summed E-state index contributed by atoms with van der Waals surface area (Å²) in [5.74, 6) is -0.638. The van der Waals surface area contributed by atoms with Gasteiger partial charge in [0.15, 0.2) is 0 Å². The van der Waals surface area contributed by atoms with E-state index in [1.165, 1.54) is 6.92 Å². The normalized spacial score (nSPS) is 13.3. The molecule has 0 aliphatic heterocycles. The zero-order chi connectivity index (χ0) is 17.7. The molecule has 1 unspecified atom stereocenters. The first kappa shape index (κ1) is 18.5. The number of aliphatic carboxylic acids is 1. The molecule has 1 aromatic heterocycles. The minimum Gasteiger partial charge on any atom is -0.480 e. The quantitative estimate of drug-likeness (QED) is 0.732. The van der Waals surface area contributed by atoms with E-state index in [-0.39, 0.29) is 5.91 Å². The molecule has 128 valence electrons. The lowest BCUT2D eigenvalue weighted by atomic mass is 9.98. The van der Waals surface area contributed by atoms with Gasteiger partial charge in [-0.2, -0.15) is 0 Å². The average Bonchev–Trinajstić information content (AvgIpc) is 2.98. The first-order chi connectivity index (χ1) is 11.3. The Balaban J connectivity index is 1.98. The maximum Gasteiger partial charge on any atom is 0.329 e. The van der Waals surface area contributed by atoms with Crippen LogP contribution >= 0.6 is 23.1 Å². The van der Waals surface area contributed by atoms with E-state index in [4.69, 9.17) is 0 Å². The van der Waals surface area contributed by atoms with Gasteiger partial charge in [-0.1, -0.05) is 6.92 Å². The van der Waals surface area contributed by atoms with E-state index in [0.717, 1.165) is 21.3 Å². The minimum absolute atomic E-state index is 0.315. The second-order valence-electron chi connectivity index (χ2n) is 5.62. The maximum absolute atomic E-state index is 12.2. The van der Waals surface area contributed by atoms with Crippen molar-refractivity contribution in [2.24, 2.45) is 0 Å². The number of benzene rings is 1. The van der Waals surface area contributed by atoms with E-state index >= 15 is 0 Å². The van der Waals surface area contributed by atoms with Crippen molar-refractivity contribution in [2.45, 2.75) is 43.4 Å². The molecule has 24 heavy (non-hydrogen) atoms. The van der Waals surface area contributed by atoms with Gasteiger partial charge in [0.05, 0.1) is 10.7 Å². The number of carboxylic acid groups (broad SMARTS) is 1. The van der Waals surface area contributed by atoms with Gasteiger partial charge in [-0.15, -0.1) is 23.1 Å². The zero-order valence-electron chi connectivity index (χ0n) is 13.8. The number of aryl methyl sites for hydroxylation is 1. The highest BCUT2D eigenvalue weighted by atomic mass is 32.2. The highest BCUT2D eigenvalue weighted by Gasteiger charge is 2.32. The molecule has 7 heteroatoms. The molecule has 1 heterocycles. The fourth-order valence-corrected chi connectivity index (χ4v) is 3.46. The topological polar surface area (TPSA) is 79.3 Å². The molecular weight excluding hydrogens is 344 g/mol. The second-order valence-corrected chi connectivity index (χ2v) is 7.73. The number of hydrogen-bond donors (Lipinski definition) is 2. The van der Waals surface area contributed by atoms with Crippen LogP contribution in [-0.2, 0) is 10.5 Å². The van der Waals surface area contributed by atoms with Crippen molar-refractivity contribution in [3.8, 4) is 0 Å². The number of hydrogen-bond acceptors (Lipinski definition) is 5. The Labute approximate surface area is 149 Å². The standard InChI is InChI=1S/C17H20N2O3S2/c1-4-17(3,16(21)22)19-15(20)12-5-7-14(8-6-12)24-10-13-9-23-11(2)18-13/h5-9H,4,10H2,1-3H3,(H,19,20)(H,21,22). The van der Waals surface area contributed by atoms with Crippen molar-refractivity contribution < 1.29 is 14.7 Å². The molecule has 1 aromatic carbocycles. The average molecular weight is 364 g/mol. The van der Waals surface area contributed by atoms with Gasteiger partial charge in [0, 0.05) is 21.6 Å². The molecule has 0 spiro atoms. The highest BCUT2D eigenvalue weighted by Crippen LogP contribution is 2.24. The SMILES string of the molecule is CCC(C)(NC(=O)c1ccc(SCc2csc(C)n2)cc1)C(=O)O. The molecule has 2 aromatic rings. The first-order valence-electron chi connectivity index (χ1n) is 7.54. The Bertz CT molecular complexity index is 728. The molecule has 0 radical (unpaired) electrons. The lowest BCUT2D eigenvalue weighted by Gasteiger charge is -2.24. The molecule has 0 fully saturated rings. The van der Waals surface area contributed by atoms with Crippen LogP contribution in [0.4, 0.5) is 0 Å². The molecule has 2 rings (SSSR count). The summed E-state index contributed by atoms with van der Waals surface area (Å²) in [6.07, 6.45) is 0.315. The molecule has 0 saturated carbocycles. The third-order valence-corrected chi connectivity index (χ3v) is 5.61. The van der Waals surface area contributed by atoms with Crippen LogP contribution in [0.1, 0.15) is 41.3 Å². The second kappa shape index (κ2) is 7.81. The lowest BCUT2D eigenvalue weighted by molar-refractivity contribution is -0.143. The van der Waals surface area contributed by atoms with E-state index in [1.54, 1.807) is 42.2 Å². The maximum atomic E-state index is 12.2. The zero-order valence-corrected chi connectivity index (χ0v) is 15.5. The van der Waals surface area contributed by atoms with Crippen LogP contribution in [0.15, 0.2) is 34.5 Å². The lowest BCUT2D eigenvalue weighted by Crippen LogP contribution is -2.51. The highest BCUT2D eigenvalue weighted by molar-refractivity contribution is 7.98. The van der Waals surface area contributed by atoms with Crippen LogP contribution in [0.2, 0.25) is 0 Å². The smallest absolute Gasteiger partial charge is 0.329 e. The summed E-state index contributed by atoms with van der Waals surface area (Å²) >= 11 is 3.28. The monoisotopic (exact) mass is 364 g/mol. The number of carboxylic acids is 1. The van der Waals surface area contributed by atoms with E-state index in [0.29, 0.717) is 12.0 Å². The summed E-state index contributed by atoms with van der Waals surface area (Å²) in [5, 5.41) is 14.9. The molecule has 0 aliphatic rings. The van der Waals surface area contributed by atoms with E-state index in [9.17, 15) is 14.7 Å². The number of aromatic nitrogens is 1. The van der Waals surface area contributed by atoms with Crippen molar-refractivity contribution in [1.29, 1.82) is 0 Å². The molecule has 2 N–H and O–H groups in total. The van der Waals surface area contributed by atoms with Gasteiger partial charge >= 0.3 is 5.97 Å². The number of thioether (sulfide) groups is 1. The van der Waals surface area contributed by atoms with Gasteiger partial charge in [0.1, 0.15) is 5.54 Å². The van der Waals surface area contributed by atoms with E-state index < -0.39 is 11.5 Å². The summed E-state index contributed by atoms with van der Waals surface area (Å²) in [4.78, 5) is 29.0. The summed E-state index contributed by atoms with van der Waals surface area (Å²) in [6.45, 7) is 5.22. The molecule has 0 saturated heterocycles. The van der Waals surface area contributed by atoms with E-state index in [1.807, 2.05) is 24.4 Å². The van der Waals surface area contributed by atoms with Crippen LogP contribution < -0.4 is 5.32 Å². The number of amides is 1. The van der Waals surface area contributed by atoms with Gasteiger partial charge in [0.2, 0.25) is 0 Å². The largest absolute Gasteiger partial charge is 0.480 e. The van der Waals surface area contributed by atoms with Gasteiger partial charge in [-0.25, -0.2) is 9.78 Å². The third kappa shape index (κ3) is 4.58. The molecule has 5 nitrogen and oxygen atoms in total. The number of carbonyl (C=O) groups is 2. The Kier molecular flexibility index (Phi) is 6.01. The van der Waals surface area contributed by atoms with Crippen LogP contribution in [0.3, 0.4) is 0 Å². The van der Waals surface area contributed by atoms with Crippen LogP contribution in [0, 0.1) is 6.92 Å². The van der Waals surface area contributed by atoms with Gasteiger partial charge in [-0.05, 0) is 44.5 Å². The number of thiazole rings is 1. The minimum atomic E-state index is -1.26. The number of nitrogens with one attached hydrogen (secondary N) is 1. The van der Waals surface area contributed by atoms with Crippen molar-refractivity contribution >= 4 is 35.0 Å². The number of nitrogens with zero attached hydrogens (tertiary/aromatic N) is 1. The Morgan fingerprint density at radius 3 is 2.50 bits per heavy atom. The predicted octanol–water partition coefficient (Wildman–Crippen LogP) is 3.73. The van der Waals surface area contributed by atoms with E-state index in [2.05, 4.69) is 10.3 Å². The number of carbonyl (C=O) groups excluding carboxylic acids is 1. The van der Waals surface area contributed by atoms with Gasteiger partial charge in [0.25, 0.3) is 5.91 Å². The molecule has 1 amide bonds. The van der Waals surface area contributed by atoms with Crippen LogP contribution in [0.25, 0.3) is 0 Å². The number of rotatable bonds is 7. The van der Waals surface area contributed by atoms with Crippen molar-refractivity contribution in [3.05, 3.63) is 45.9 Å².